The molecular weight excluding hydrogens is 283 g/mol. The van der Waals surface area contributed by atoms with Gasteiger partial charge in [-0.1, -0.05) is 18.2 Å². The van der Waals surface area contributed by atoms with Gasteiger partial charge in [0.2, 0.25) is 0 Å². The molecule has 0 radical (unpaired) electrons. The topological polar surface area (TPSA) is 38.3 Å². The summed E-state index contributed by atoms with van der Waals surface area (Å²) in [6.07, 6.45) is -3.62. The molecule has 1 aromatic carbocycles. The molecule has 1 N–H and O–H groups in total. The van der Waals surface area contributed by atoms with Crippen molar-refractivity contribution in [3.05, 3.63) is 48.0 Å². The number of rotatable bonds is 3. The molecular formula is C15H18F3NO2. The molecule has 1 aromatic rings. The van der Waals surface area contributed by atoms with Crippen molar-refractivity contribution in [1.29, 1.82) is 0 Å². The molecule has 0 aliphatic rings. The van der Waals surface area contributed by atoms with Crippen LogP contribution in [-0.2, 0) is 10.9 Å². The number of hydrogen-bond acceptors (Lipinski definition) is 2. The fourth-order valence-corrected chi connectivity index (χ4v) is 1.59. The quantitative estimate of drug-likeness (QED) is 0.837. The lowest BCUT2D eigenvalue weighted by atomic mass is 10.0. The second-order valence-electron chi connectivity index (χ2n) is 5.48. The van der Waals surface area contributed by atoms with Crippen LogP contribution in [0.25, 0.3) is 0 Å². The average Bonchev–Trinajstić information content (AvgIpc) is 2.33. The summed E-state index contributed by atoms with van der Waals surface area (Å²) >= 11 is 0. The Labute approximate surface area is 121 Å². The van der Waals surface area contributed by atoms with Crippen molar-refractivity contribution in [1.82, 2.24) is 5.32 Å². The van der Waals surface area contributed by atoms with Gasteiger partial charge in [-0.15, -0.1) is 6.58 Å². The van der Waals surface area contributed by atoms with E-state index in [1.165, 1.54) is 18.2 Å². The summed E-state index contributed by atoms with van der Waals surface area (Å²) in [5, 5.41) is 2.54. The maximum atomic E-state index is 12.5. The van der Waals surface area contributed by atoms with Crippen LogP contribution in [0.3, 0.4) is 0 Å². The molecule has 21 heavy (non-hydrogen) atoms. The molecule has 1 amide bonds. The highest BCUT2D eigenvalue weighted by molar-refractivity contribution is 5.68. The molecule has 1 unspecified atom stereocenters. The Morgan fingerprint density at radius 2 is 1.76 bits per heavy atom. The number of benzene rings is 1. The highest BCUT2D eigenvalue weighted by Crippen LogP contribution is 2.30. The summed E-state index contributed by atoms with van der Waals surface area (Å²) < 4.78 is 42.6. The molecule has 0 aliphatic carbocycles. The molecule has 0 aromatic heterocycles. The summed E-state index contributed by atoms with van der Waals surface area (Å²) in [6, 6.07) is 3.90. The predicted molar refractivity (Wildman–Crippen MR) is 73.8 cm³/mol. The van der Waals surface area contributed by atoms with Crippen LogP contribution in [0.1, 0.15) is 37.9 Å². The lowest BCUT2D eigenvalue weighted by Crippen LogP contribution is -2.34. The summed E-state index contributed by atoms with van der Waals surface area (Å²) in [5.74, 6) is 0. The van der Waals surface area contributed by atoms with Gasteiger partial charge < -0.3 is 10.1 Å². The van der Waals surface area contributed by atoms with Gasteiger partial charge in [-0.25, -0.2) is 4.79 Å². The van der Waals surface area contributed by atoms with E-state index in [4.69, 9.17) is 4.74 Å². The first kappa shape index (κ1) is 17.1. The van der Waals surface area contributed by atoms with E-state index in [1.54, 1.807) is 20.8 Å². The lowest BCUT2D eigenvalue weighted by Gasteiger charge is -2.22. The van der Waals surface area contributed by atoms with Gasteiger partial charge >= 0.3 is 12.3 Å². The number of carbonyl (C=O) groups is 1. The molecule has 6 heteroatoms. The van der Waals surface area contributed by atoms with Crippen LogP contribution in [-0.4, -0.2) is 11.7 Å². The smallest absolute Gasteiger partial charge is 0.416 e. The van der Waals surface area contributed by atoms with Crippen molar-refractivity contribution in [2.24, 2.45) is 0 Å². The zero-order valence-corrected chi connectivity index (χ0v) is 12.1. The van der Waals surface area contributed by atoms with Crippen LogP contribution in [0.5, 0.6) is 0 Å². The monoisotopic (exact) mass is 301 g/mol. The number of nitrogens with one attached hydrogen (secondary N) is 1. The summed E-state index contributed by atoms with van der Waals surface area (Å²) in [6.45, 7) is 8.71. The van der Waals surface area contributed by atoms with Crippen molar-refractivity contribution in [2.45, 2.75) is 38.6 Å². The van der Waals surface area contributed by atoms with Crippen LogP contribution in [0.15, 0.2) is 36.9 Å². The van der Waals surface area contributed by atoms with E-state index in [-0.39, 0.29) is 0 Å². The first-order chi connectivity index (χ1) is 9.53. The van der Waals surface area contributed by atoms with Crippen LogP contribution < -0.4 is 5.32 Å². The van der Waals surface area contributed by atoms with E-state index in [0.29, 0.717) is 5.56 Å². The number of halogens is 3. The maximum Gasteiger partial charge on any atom is 0.416 e. The minimum atomic E-state index is -4.39. The fraction of sp³-hybridized carbons (Fsp3) is 0.400. The number of alkyl carbamates (subject to hydrolysis) is 1. The zero-order valence-electron chi connectivity index (χ0n) is 12.1. The molecule has 1 rings (SSSR count). The van der Waals surface area contributed by atoms with Gasteiger partial charge in [-0.3, -0.25) is 0 Å². The number of carbonyl (C=O) groups excluding carboxylic acids is 1. The van der Waals surface area contributed by atoms with E-state index in [0.717, 1.165) is 12.1 Å². The molecule has 0 saturated heterocycles. The highest BCUT2D eigenvalue weighted by Gasteiger charge is 2.30. The molecule has 0 saturated carbocycles. The normalized spacial score (nSPS) is 13.4. The molecule has 116 valence electrons. The third-order valence-electron chi connectivity index (χ3n) is 2.51. The van der Waals surface area contributed by atoms with Crippen LogP contribution in [0, 0.1) is 0 Å². The molecule has 3 nitrogen and oxygen atoms in total. The Hall–Kier alpha value is -1.98. The Morgan fingerprint density at radius 1 is 1.24 bits per heavy atom. The van der Waals surface area contributed by atoms with Crippen molar-refractivity contribution in [3.8, 4) is 0 Å². The minimum absolute atomic E-state index is 0.490. The van der Waals surface area contributed by atoms with Crippen molar-refractivity contribution in [2.75, 3.05) is 0 Å². The van der Waals surface area contributed by atoms with Crippen molar-refractivity contribution < 1.29 is 22.7 Å². The number of alkyl halides is 3. The Bertz CT molecular complexity index is 501. The molecule has 0 bridgehead atoms. The first-order valence-electron chi connectivity index (χ1n) is 6.32. The van der Waals surface area contributed by atoms with Crippen molar-refractivity contribution >= 4 is 6.09 Å². The predicted octanol–water partition coefficient (Wildman–Crippen LogP) is 4.46. The molecule has 0 fully saturated rings. The van der Waals surface area contributed by atoms with E-state index in [1.807, 2.05) is 0 Å². The Kier molecular flexibility index (Phi) is 5.04. The van der Waals surface area contributed by atoms with Crippen molar-refractivity contribution in [3.63, 3.8) is 0 Å². The number of ether oxygens (including phenoxy) is 1. The largest absolute Gasteiger partial charge is 0.444 e. The third-order valence-corrected chi connectivity index (χ3v) is 2.51. The molecule has 1 atom stereocenters. The Balaban J connectivity index is 2.81. The first-order valence-corrected chi connectivity index (χ1v) is 6.32. The standard InChI is InChI=1S/C15H18F3NO2/c1-5-12(19-13(20)21-14(2,3)4)10-6-8-11(9-7-10)15(16,17)18/h5-9,12H,1H2,2-4H3,(H,19,20). The molecule has 0 heterocycles. The minimum Gasteiger partial charge on any atom is -0.444 e. The van der Waals surface area contributed by atoms with Crippen LogP contribution in [0.4, 0.5) is 18.0 Å². The molecule has 0 spiro atoms. The number of hydrogen-bond donors (Lipinski definition) is 1. The highest BCUT2D eigenvalue weighted by atomic mass is 19.4. The summed E-state index contributed by atoms with van der Waals surface area (Å²) in [5.41, 5.74) is -0.911. The van der Waals surface area contributed by atoms with E-state index >= 15 is 0 Å². The van der Waals surface area contributed by atoms with Gasteiger partial charge in [-0.05, 0) is 38.5 Å². The van der Waals surface area contributed by atoms with Gasteiger partial charge in [0.05, 0.1) is 11.6 Å². The second-order valence-corrected chi connectivity index (χ2v) is 5.48. The molecule has 0 aliphatic heterocycles. The number of amides is 1. The maximum absolute atomic E-state index is 12.5. The van der Waals surface area contributed by atoms with E-state index in [2.05, 4.69) is 11.9 Å². The van der Waals surface area contributed by atoms with Crippen LogP contribution in [0.2, 0.25) is 0 Å². The van der Waals surface area contributed by atoms with Crippen LogP contribution >= 0.6 is 0 Å². The van der Waals surface area contributed by atoms with Gasteiger partial charge in [0, 0.05) is 0 Å². The van der Waals surface area contributed by atoms with E-state index in [9.17, 15) is 18.0 Å². The SMILES string of the molecule is C=CC(NC(=O)OC(C)(C)C)c1ccc(C(F)(F)F)cc1. The second kappa shape index (κ2) is 6.20. The Morgan fingerprint density at radius 3 is 2.14 bits per heavy atom. The van der Waals surface area contributed by atoms with Gasteiger partial charge in [-0.2, -0.15) is 13.2 Å². The average molecular weight is 301 g/mol. The van der Waals surface area contributed by atoms with Gasteiger partial charge in [0.1, 0.15) is 5.60 Å². The third kappa shape index (κ3) is 5.49. The zero-order chi connectivity index (χ0) is 16.3. The summed E-state index contributed by atoms with van der Waals surface area (Å²) in [7, 11) is 0. The summed E-state index contributed by atoms with van der Waals surface area (Å²) in [4.78, 5) is 11.7. The van der Waals surface area contributed by atoms with Gasteiger partial charge in [0.25, 0.3) is 0 Å². The van der Waals surface area contributed by atoms with Gasteiger partial charge in [0.15, 0.2) is 0 Å². The van der Waals surface area contributed by atoms with E-state index < -0.39 is 29.5 Å². The fourth-order valence-electron chi connectivity index (χ4n) is 1.59. The lowest BCUT2D eigenvalue weighted by molar-refractivity contribution is -0.137.